The average molecular weight is 604 g/mol. The highest BCUT2D eigenvalue weighted by molar-refractivity contribution is 5.52. The Bertz CT molecular complexity index is 1930. The second-order valence-corrected chi connectivity index (χ2v) is 11.6. The van der Waals surface area contributed by atoms with Gasteiger partial charge in [-0.3, -0.25) is 0 Å². The van der Waals surface area contributed by atoms with Crippen LogP contribution in [0.25, 0.3) is 11.4 Å². The molecular weight excluding hydrogens is 566 g/mol. The third-order valence-electron chi connectivity index (χ3n) is 8.47. The quantitative estimate of drug-likeness (QED) is 0.152. The summed E-state index contributed by atoms with van der Waals surface area (Å²) in [5.74, 6) is 6.39. The van der Waals surface area contributed by atoms with Crippen LogP contribution in [0.15, 0.2) is 134 Å². The Hall–Kier alpha value is -5.58. The van der Waals surface area contributed by atoms with Gasteiger partial charge in [-0.05, 0) is 47.9 Å². The van der Waals surface area contributed by atoms with Crippen LogP contribution in [0.4, 0.5) is 5.69 Å². The fourth-order valence-corrected chi connectivity index (χ4v) is 6.19. The topological polar surface area (TPSA) is 62.5 Å². The minimum atomic E-state index is -0.0261. The Morgan fingerprint density at radius 2 is 1.50 bits per heavy atom. The van der Waals surface area contributed by atoms with Crippen molar-refractivity contribution >= 4 is 5.69 Å². The van der Waals surface area contributed by atoms with Crippen LogP contribution in [0.2, 0.25) is 0 Å². The fraction of sp³-hybridized carbons (Fsp3) is 0.179. The molecule has 226 valence electrons. The summed E-state index contributed by atoms with van der Waals surface area (Å²) in [4.78, 5) is 0. The maximum Gasteiger partial charge on any atom is 0.345 e. The molecule has 0 amide bonds. The van der Waals surface area contributed by atoms with Crippen molar-refractivity contribution in [1.82, 2.24) is 20.3 Å². The first-order valence-corrected chi connectivity index (χ1v) is 15.7. The largest absolute Gasteiger partial charge is 0.372 e. The van der Waals surface area contributed by atoms with Gasteiger partial charge in [0.25, 0.3) is 11.4 Å². The van der Waals surface area contributed by atoms with Crippen molar-refractivity contribution in [3.8, 4) is 23.2 Å². The Morgan fingerprint density at radius 1 is 0.783 bits per heavy atom. The summed E-state index contributed by atoms with van der Waals surface area (Å²) < 4.78 is 6.48. The van der Waals surface area contributed by atoms with E-state index < -0.39 is 0 Å². The first kappa shape index (κ1) is 29.1. The summed E-state index contributed by atoms with van der Waals surface area (Å²) in [6, 6.07) is 40.4. The number of benzene rings is 3. The van der Waals surface area contributed by atoms with Gasteiger partial charge in [-0.25, -0.2) is 4.68 Å². The Balaban J connectivity index is 1.06. The molecule has 6 aromatic rings. The molecule has 2 N–H and O–H groups in total. The lowest BCUT2D eigenvalue weighted by Gasteiger charge is -2.20. The molecule has 7 heteroatoms. The van der Waals surface area contributed by atoms with Crippen LogP contribution in [0.3, 0.4) is 0 Å². The summed E-state index contributed by atoms with van der Waals surface area (Å²) in [6.07, 6.45) is 6.36. The SMILES string of the molecule is CC#Cc1ccc(C(Cn2cc(CNCC(c3ccccc3)c3ccccc3)nn2)Nc2ccc3[n+](c2)C[n+]2ccccc2-3)cc1. The van der Waals surface area contributed by atoms with Crippen LogP contribution in [0, 0.1) is 11.8 Å². The van der Waals surface area contributed by atoms with Crippen LogP contribution in [0.1, 0.15) is 46.8 Å². The van der Waals surface area contributed by atoms with Crippen molar-refractivity contribution in [2.75, 3.05) is 11.9 Å². The van der Waals surface area contributed by atoms with Gasteiger partial charge in [0, 0.05) is 49.0 Å². The van der Waals surface area contributed by atoms with Gasteiger partial charge in [-0.1, -0.05) is 83.9 Å². The summed E-state index contributed by atoms with van der Waals surface area (Å²) in [5, 5.41) is 16.5. The fourth-order valence-electron chi connectivity index (χ4n) is 6.19. The van der Waals surface area contributed by atoms with Crippen LogP contribution >= 0.6 is 0 Å². The number of fused-ring (bicyclic) bond motifs is 3. The van der Waals surface area contributed by atoms with E-state index >= 15 is 0 Å². The van der Waals surface area contributed by atoms with E-state index in [4.69, 9.17) is 0 Å². The Morgan fingerprint density at radius 3 is 2.24 bits per heavy atom. The van der Waals surface area contributed by atoms with Crippen LogP contribution < -0.4 is 19.8 Å². The number of pyridine rings is 2. The zero-order valence-electron chi connectivity index (χ0n) is 25.9. The molecule has 0 spiro atoms. The molecule has 0 bridgehead atoms. The molecular formula is C39H37N7+2. The van der Waals surface area contributed by atoms with E-state index in [1.807, 2.05) is 17.8 Å². The lowest BCUT2D eigenvalue weighted by atomic mass is 9.91. The second-order valence-electron chi connectivity index (χ2n) is 11.6. The number of nitrogens with zero attached hydrogens (tertiary/aromatic N) is 5. The number of rotatable bonds is 11. The molecule has 1 atom stereocenters. The Labute approximate surface area is 270 Å². The molecule has 7 rings (SSSR count). The normalized spacial score (nSPS) is 12.2. The average Bonchev–Trinajstić information content (AvgIpc) is 3.71. The maximum atomic E-state index is 4.52. The van der Waals surface area contributed by atoms with Crippen molar-refractivity contribution in [2.45, 2.75) is 38.6 Å². The third kappa shape index (κ3) is 6.58. The van der Waals surface area contributed by atoms with Gasteiger partial charge in [0.05, 0.1) is 24.0 Å². The molecule has 4 heterocycles. The summed E-state index contributed by atoms with van der Waals surface area (Å²) in [6.45, 7) is 4.72. The first-order chi connectivity index (χ1) is 22.7. The lowest BCUT2D eigenvalue weighted by Crippen LogP contribution is -2.45. The zero-order valence-corrected chi connectivity index (χ0v) is 25.9. The predicted octanol–water partition coefficient (Wildman–Crippen LogP) is 5.49. The van der Waals surface area contributed by atoms with E-state index in [2.05, 4.69) is 170 Å². The van der Waals surface area contributed by atoms with Crippen molar-refractivity contribution in [3.05, 3.63) is 162 Å². The van der Waals surface area contributed by atoms with Crippen molar-refractivity contribution in [3.63, 3.8) is 0 Å². The van der Waals surface area contributed by atoms with E-state index in [1.165, 1.54) is 22.5 Å². The number of nitrogens with one attached hydrogen (secondary N) is 2. The third-order valence-corrected chi connectivity index (χ3v) is 8.47. The van der Waals surface area contributed by atoms with Crippen molar-refractivity contribution in [1.29, 1.82) is 0 Å². The molecule has 0 aliphatic carbocycles. The van der Waals surface area contributed by atoms with Crippen molar-refractivity contribution in [2.24, 2.45) is 0 Å². The molecule has 1 unspecified atom stereocenters. The van der Waals surface area contributed by atoms with E-state index in [1.54, 1.807) is 0 Å². The molecule has 1 aliphatic rings. The number of aromatic nitrogens is 5. The number of anilines is 1. The van der Waals surface area contributed by atoms with Gasteiger partial charge in [-0.2, -0.15) is 0 Å². The minimum Gasteiger partial charge on any atom is -0.372 e. The highest BCUT2D eigenvalue weighted by atomic mass is 15.4. The Kier molecular flexibility index (Phi) is 8.62. The highest BCUT2D eigenvalue weighted by Crippen LogP contribution is 2.25. The van der Waals surface area contributed by atoms with Gasteiger partial charge >= 0.3 is 6.67 Å². The molecule has 7 nitrogen and oxygen atoms in total. The second kappa shape index (κ2) is 13.6. The summed E-state index contributed by atoms with van der Waals surface area (Å²) >= 11 is 0. The molecule has 0 saturated carbocycles. The lowest BCUT2D eigenvalue weighted by molar-refractivity contribution is -0.876. The van der Waals surface area contributed by atoms with Crippen LogP contribution in [-0.4, -0.2) is 21.5 Å². The summed E-state index contributed by atoms with van der Waals surface area (Å²) in [5.41, 5.74) is 9.15. The minimum absolute atomic E-state index is 0.0261. The van der Waals surface area contributed by atoms with Gasteiger partial charge in [-0.15, -0.1) is 20.2 Å². The molecule has 1 aliphatic heterocycles. The van der Waals surface area contributed by atoms with Gasteiger partial charge < -0.3 is 10.6 Å². The number of hydrogen-bond acceptors (Lipinski definition) is 4. The maximum absolute atomic E-state index is 4.52. The molecule has 0 fully saturated rings. The van der Waals surface area contributed by atoms with Gasteiger partial charge in [0.15, 0.2) is 12.4 Å². The summed E-state index contributed by atoms with van der Waals surface area (Å²) in [7, 11) is 0. The zero-order chi connectivity index (χ0) is 31.1. The first-order valence-electron chi connectivity index (χ1n) is 15.7. The predicted molar refractivity (Wildman–Crippen MR) is 179 cm³/mol. The molecule has 0 saturated heterocycles. The molecule has 3 aromatic heterocycles. The van der Waals surface area contributed by atoms with Crippen LogP contribution in [0.5, 0.6) is 0 Å². The van der Waals surface area contributed by atoms with E-state index in [9.17, 15) is 0 Å². The molecule has 0 radical (unpaired) electrons. The van der Waals surface area contributed by atoms with E-state index in [0.717, 1.165) is 35.7 Å². The molecule has 46 heavy (non-hydrogen) atoms. The highest BCUT2D eigenvalue weighted by Gasteiger charge is 2.33. The standard InChI is InChI=1S/C39H36N7/c1-2-11-30-17-19-33(20-18-30)37(41-34-21-22-39-38-16-9-10-23-44(38)29-45(39)26-34)28-46-27-35(42-43-46)24-40-25-36(31-12-5-3-6-13-31)32-14-7-4-8-15-32/h3-10,12-23,26-27,36-37,40H,24-25,28-29H2,1H3/q+1/p+1. The van der Waals surface area contributed by atoms with Gasteiger partial charge in [0.1, 0.15) is 0 Å². The molecule has 3 aromatic carbocycles. The van der Waals surface area contributed by atoms with Gasteiger partial charge in [0.2, 0.25) is 0 Å². The van der Waals surface area contributed by atoms with E-state index in [-0.39, 0.29) is 12.0 Å². The number of hydrogen-bond donors (Lipinski definition) is 2. The van der Waals surface area contributed by atoms with E-state index in [0.29, 0.717) is 13.1 Å². The van der Waals surface area contributed by atoms with Crippen molar-refractivity contribution < 1.29 is 9.13 Å². The monoisotopic (exact) mass is 603 g/mol. The smallest absolute Gasteiger partial charge is 0.345 e. The van der Waals surface area contributed by atoms with Crippen LogP contribution in [-0.2, 0) is 19.8 Å².